The maximum atomic E-state index is 13.3. The van der Waals surface area contributed by atoms with Crippen LogP contribution in [-0.2, 0) is 0 Å². The maximum absolute atomic E-state index is 13.3. The van der Waals surface area contributed by atoms with Crippen LogP contribution in [0.3, 0.4) is 0 Å². The number of benzene rings is 1. The smallest absolute Gasteiger partial charge is 0.128 e. The van der Waals surface area contributed by atoms with Crippen LogP contribution in [0, 0.1) is 12.7 Å². The van der Waals surface area contributed by atoms with Crippen LogP contribution < -0.4 is 5.73 Å². The second-order valence-electron chi connectivity index (χ2n) is 3.09. The van der Waals surface area contributed by atoms with Gasteiger partial charge in [-0.25, -0.2) is 4.39 Å². The van der Waals surface area contributed by atoms with E-state index in [1.807, 2.05) is 13.0 Å². The van der Waals surface area contributed by atoms with Crippen molar-refractivity contribution in [3.63, 3.8) is 0 Å². The second-order valence-corrected chi connectivity index (χ2v) is 3.09. The molecule has 1 rings (SSSR count). The Morgan fingerprint density at radius 1 is 1.54 bits per heavy atom. The van der Waals surface area contributed by atoms with Crippen LogP contribution in [0.15, 0.2) is 18.2 Å². The van der Waals surface area contributed by atoms with E-state index in [9.17, 15) is 4.39 Å². The topological polar surface area (TPSA) is 46.2 Å². The van der Waals surface area contributed by atoms with Crippen molar-refractivity contribution < 1.29 is 9.50 Å². The molecule has 0 saturated carbocycles. The molecule has 0 fully saturated rings. The minimum Gasteiger partial charge on any atom is -0.396 e. The molecule has 0 amide bonds. The van der Waals surface area contributed by atoms with Gasteiger partial charge in [-0.2, -0.15) is 0 Å². The highest BCUT2D eigenvalue weighted by molar-refractivity contribution is 5.30. The highest BCUT2D eigenvalue weighted by Gasteiger charge is 2.12. The Bertz CT molecular complexity index is 268. The molecule has 0 spiro atoms. The highest BCUT2D eigenvalue weighted by atomic mass is 19.1. The van der Waals surface area contributed by atoms with Gasteiger partial charge in [-0.1, -0.05) is 12.1 Å². The molecular weight excluding hydrogens is 169 g/mol. The molecule has 0 radical (unpaired) electrons. The van der Waals surface area contributed by atoms with E-state index in [1.54, 1.807) is 6.07 Å². The minimum absolute atomic E-state index is 0.0189. The Labute approximate surface area is 77.2 Å². The third-order valence-corrected chi connectivity index (χ3v) is 2.08. The summed E-state index contributed by atoms with van der Waals surface area (Å²) in [6, 6.07) is 4.45. The van der Waals surface area contributed by atoms with Gasteiger partial charge in [0.1, 0.15) is 5.82 Å². The van der Waals surface area contributed by atoms with E-state index in [-0.39, 0.29) is 12.4 Å². The lowest BCUT2D eigenvalue weighted by Crippen LogP contribution is -2.15. The van der Waals surface area contributed by atoms with E-state index in [2.05, 4.69) is 0 Å². The first-order valence-corrected chi connectivity index (χ1v) is 4.28. The Kier molecular flexibility index (Phi) is 3.39. The molecule has 3 N–H and O–H groups in total. The molecule has 0 saturated heterocycles. The summed E-state index contributed by atoms with van der Waals surface area (Å²) in [5, 5.41) is 8.68. The molecule has 1 aromatic rings. The molecule has 1 aromatic carbocycles. The highest BCUT2D eigenvalue weighted by Crippen LogP contribution is 2.21. The number of aryl methyl sites for hydroxylation is 1. The van der Waals surface area contributed by atoms with Gasteiger partial charge >= 0.3 is 0 Å². The zero-order valence-corrected chi connectivity index (χ0v) is 7.63. The van der Waals surface area contributed by atoms with Crippen LogP contribution >= 0.6 is 0 Å². The van der Waals surface area contributed by atoms with Crippen molar-refractivity contribution in [2.45, 2.75) is 19.4 Å². The van der Waals surface area contributed by atoms with Gasteiger partial charge in [-0.3, -0.25) is 0 Å². The lowest BCUT2D eigenvalue weighted by molar-refractivity contribution is 0.275. The number of hydrogen-bond acceptors (Lipinski definition) is 2. The predicted octanol–water partition coefficient (Wildman–Crippen LogP) is 1.52. The van der Waals surface area contributed by atoms with E-state index in [1.165, 1.54) is 6.07 Å². The summed E-state index contributed by atoms with van der Waals surface area (Å²) in [6.07, 6.45) is 0.391. The van der Waals surface area contributed by atoms with Gasteiger partial charge in [0.05, 0.1) is 0 Å². The molecule has 0 aliphatic heterocycles. The average molecular weight is 183 g/mol. The molecule has 1 unspecified atom stereocenters. The largest absolute Gasteiger partial charge is 0.396 e. The summed E-state index contributed by atoms with van der Waals surface area (Å²) in [7, 11) is 0. The SMILES string of the molecule is Cc1cccc(F)c1C(N)CCO. The predicted molar refractivity (Wildman–Crippen MR) is 49.8 cm³/mol. The van der Waals surface area contributed by atoms with E-state index < -0.39 is 6.04 Å². The molecule has 3 heteroatoms. The van der Waals surface area contributed by atoms with E-state index >= 15 is 0 Å². The zero-order valence-electron chi connectivity index (χ0n) is 7.63. The molecule has 0 aliphatic rings. The van der Waals surface area contributed by atoms with Crippen LogP contribution in [0.5, 0.6) is 0 Å². The number of hydrogen-bond donors (Lipinski definition) is 2. The summed E-state index contributed by atoms with van der Waals surface area (Å²) in [5.74, 6) is -0.291. The number of aliphatic hydroxyl groups excluding tert-OH is 1. The minimum atomic E-state index is -0.411. The summed E-state index contributed by atoms with van der Waals surface area (Å²) >= 11 is 0. The second kappa shape index (κ2) is 4.35. The summed E-state index contributed by atoms with van der Waals surface area (Å²) in [4.78, 5) is 0. The third kappa shape index (κ3) is 2.26. The molecule has 0 heterocycles. The first-order valence-electron chi connectivity index (χ1n) is 4.28. The van der Waals surface area contributed by atoms with Gasteiger partial charge in [-0.15, -0.1) is 0 Å². The summed E-state index contributed by atoms with van der Waals surface area (Å²) in [5.41, 5.74) is 7.05. The van der Waals surface area contributed by atoms with Gasteiger partial charge in [0.15, 0.2) is 0 Å². The number of aliphatic hydroxyl groups is 1. The van der Waals surface area contributed by atoms with Crippen molar-refractivity contribution >= 4 is 0 Å². The number of nitrogens with two attached hydrogens (primary N) is 1. The van der Waals surface area contributed by atoms with Gasteiger partial charge in [0, 0.05) is 18.2 Å². The molecule has 0 bridgehead atoms. The normalized spacial score (nSPS) is 12.9. The van der Waals surface area contributed by atoms with Crippen molar-refractivity contribution in [1.29, 1.82) is 0 Å². The number of halogens is 1. The van der Waals surface area contributed by atoms with Gasteiger partial charge < -0.3 is 10.8 Å². The van der Waals surface area contributed by atoms with E-state index in [0.717, 1.165) is 5.56 Å². The van der Waals surface area contributed by atoms with Gasteiger partial charge in [0.25, 0.3) is 0 Å². The Hall–Kier alpha value is -0.930. The zero-order chi connectivity index (χ0) is 9.84. The van der Waals surface area contributed by atoms with Crippen molar-refractivity contribution in [3.05, 3.63) is 35.1 Å². The standard InChI is InChI=1S/C10H14FNO/c1-7-3-2-4-8(11)10(7)9(12)5-6-13/h2-4,9,13H,5-6,12H2,1H3. The third-order valence-electron chi connectivity index (χ3n) is 2.08. The average Bonchev–Trinajstić information content (AvgIpc) is 2.04. The Balaban J connectivity index is 2.98. The lowest BCUT2D eigenvalue weighted by Gasteiger charge is -2.13. The molecule has 2 nitrogen and oxygen atoms in total. The first-order chi connectivity index (χ1) is 6.16. The van der Waals surface area contributed by atoms with Crippen molar-refractivity contribution in [1.82, 2.24) is 0 Å². The fourth-order valence-corrected chi connectivity index (χ4v) is 1.40. The fourth-order valence-electron chi connectivity index (χ4n) is 1.40. The fraction of sp³-hybridized carbons (Fsp3) is 0.400. The number of rotatable bonds is 3. The van der Waals surface area contributed by atoms with Crippen molar-refractivity contribution in [3.8, 4) is 0 Å². The molecule has 13 heavy (non-hydrogen) atoms. The van der Waals surface area contributed by atoms with Crippen molar-refractivity contribution in [2.24, 2.45) is 5.73 Å². The first kappa shape index (κ1) is 10.2. The van der Waals surface area contributed by atoms with Crippen molar-refractivity contribution in [2.75, 3.05) is 6.61 Å². The summed E-state index contributed by atoms with van der Waals surface area (Å²) in [6.45, 7) is 1.80. The van der Waals surface area contributed by atoms with Gasteiger partial charge in [-0.05, 0) is 25.0 Å². The quantitative estimate of drug-likeness (QED) is 0.746. The molecular formula is C10H14FNO. The molecule has 72 valence electrons. The van der Waals surface area contributed by atoms with Gasteiger partial charge in [0.2, 0.25) is 0 Å². The molecule has 0 aromatic heterocycles. The Morgan fingerprint density at radius 3 is 2.77 bits per heavy atom. The van der Waals surface area contributed by atoms with E-state index in [0.29, 0.717) is 12.0 Å². The monoisotopic (exact) mass is 183 g/mol. The lowest BCUT2D eigenvalue weighted by atomic mass is 9.99. The molecule has 1 atom stereocenters. The van der Waals surface area contributed by atoms with Crippen LogP contribution in [-0.4, -0.2) is 11.7 Å². The maximum Gasteiger partial charge on any atom is 0.128 e. The van der Waals surface area contributed by atoms with E-state index in [4.69, 9.17) is 10.8 Å². The molecule has 0 aliphatic carbocycles. The van der Waals surface area contributed by atoms with Crippen LogP contribution in [0.1, 0.15) is 23.6 Å². The summed E-state index contributed by atoms with van der Waals surface area (Å²) < 4.78 is 13.3. The van der Waals surface area contributed by atoms with Crippen LogP contribution in [0.4, 0.5) is 4.39 Å². The Morgan fingerprint density at radius 2 is 2.23 bits per heavy atom. The van der Waals surface area contributed by atoms with Crippen LogP contribution in [0.2, 0.25) is 0 Å². The van der Waals surface area contributed by atoms with Crippen LogP contribution in [0.25, 0.3) is 0 Å².